The number of carbonyl (C=O) groups excluding carboxylic acids is 1. The summed E-state index contributed by atoms with van der Waals surface area (Å²) in [4.78, 5) is 12.0. The number of methoxy groups -OCH3 is 1. The molecule has 0 atom stereocenters. The summed E-state index contributed by atoms with van der Waals surface area (Å²) >= 11 is 0. The molecule has 1 aromatic heterocycles. The number of nitrogens with zero attached hydrogens (tertiary/aromatic N) is 2. The molecule has 88 valence electrons. The molecule has 5 nitrogen and oxygen atoms in total. The number of aryl methyl sites for hydroxylation is 1. The molecule has 1 N–H and O–H groups in total. The standard InChI is InChI=1S/C11H17N3O2/c1-14-8-9(7-13-14)11(10(15)16-2)3-5-12-6-4-11/h7-8,12H,3-6H2,1-2H3. The van der Waals surface area contributed by atoms with Crippen LogP contribution in [0.2, 0.25) is 0 Å². The first-order chi connectivity index (χ1) is 7.69. The zero-order valence-electron chi connectivity index (χ0n) is 9.69. The van der Waals surface area contributed by atoms with Gasteiger partial charge in [0.25, 0.3) is 0 Å². The van der Waals surface area contributed by atoms with Crippen LogP contribution in [0.1, 0.15) is 18.4 Å². The van der Waals surface area contributed by atoms with Gasteiger partial charge in [-0.1, -0.05) is 0 Å². The third-order valence-corrected chi connectivity index (χ3v) is 3.29. The summed E-state index contributed by atoms with van der Waals surface area (Å²) in [5.74, 6) is -0.151. The van der Waals surface area contributed by atoms with Crippen molar-refractivity contribution in [2.24, 2.45) is 7.05 Å². The topological polar surface area (TPSA) is 56.1 Å². The van der Waals surface area contributed by atoms with Gasteiger partial charge in [-0.3, -0.25) is 9.48 Å². The number of ether oxygens (including phenoxy) is 1. The molecule has 16 heavy (non-hydrogen) atoms. The van der Waals surface area contributed by atoms with Gasteiger partial charge in [-0.25, -0.2) is 0 Å². The Morgan fingerprint density at radius 1 is 1.56 bits per heavy atom. The van der Waals surface area contributed by atoms with Gasteiger partial charge >= 0.3 is 5.97 Å². The maximum atomic E-state index is 12.0. The van der Waals surface area contributed by atoms with Crippen molar-refractivity contribution in [3.8, 4) is 0 Å². The van der Waals surface area contributed by atoms with E-state index < -0.39 is 5.41 Å². The van der Waals surface area contributed by atoms with Crippen molar-refractivity contribution in [3.63, 3.8) is 0 Å². The number of nitrogens with one attached hydrogen (secondary N) is 1. The third kappa shape index (κ3) is 1.71. The van der Waals surface area contributed by atoms with Crippen molar-refractivity contribution in [1.82, 2.24) is 15.1 Å². The fourth-order valence-electron chi connectivity index (χ4n) is 2.33. The van der Waals surface area contributed by atoms with Crippen LogP contribution in [-0.4, -0.2) is 35.9 Å². The molecule has 1 aromatic rings. The molecular weight excluding hydrogens is 206 g/mol. The van der Waals surface area contributed by atoms with Gasteiger partial charge < -0.3 is 10.1 Å². The van der Waals surface area contributed by atoms with Gasteiger partial charge in [-0.05, 0) is 25.9 Å². The zero-order valence-corrected chi connectivity index (χ0v) is 9.69. The van der Waals surface area contributed by atoms with E-state index in [1.807, 2.05) is 13.2 Å². The van der Waals surface area contributed by atoms with Crippen molar-refractivity contribution in [2.75, 3.05) is 20.2 Å². The lowest BCUT2D eigenvalue weighted by Crippen LogP contribution is -2.46. The molecule has 0 amide bonds. The normalized spacial score (nSPS) is 19.4. The maximum absolute atomic E-state index is 12.0. The number of rotatable bonds is 2. The minimum atomic E-state index is -0.506. The molecule has 0 radical (unpaired) electrons. The molecule has 1 aliphatic heterocycles. The van der Waals surface area contributed by atoms with E-state index in [1.165, 1.54) is 7.11 Å². The second-order valence-electron chi connectivity index (χ2n) is 4.23. The highest BCUT2D eigenvalue weighted by molar-refractivity contribution is 5.83. The quantitative estimate of drug-likeness (QED) is 0.728. The van der Waals surface area contributed by atoms with Crippen molar-refractivity contribution in [1.29, 1.82) is 0 Å². The van der Waals surface area contributed by atoms with Gasteiger partial charge in [-0.2, -0.15) is 5.10 Å². The fourth-order valence-corrected chi connectivity index (χ4v) is 2.33. The third-order valence-electron chi connectivity index (χ3n) is 3.29. The molecule has 2 rings (SSSR count). The minimum absolute atomic E-state index is 0.151. The molecule has 5 heteroatoms. The van der Waals surface area contributed by atoms with Crippen LogP contribution in [0, 0.1) is 0 Å². The Balaban J connectivity index is 2.37. The lowest BCUT2D eigenvalue weighted by Gasteiger charge is -2.34. The highest BCUT2D eigenvalue weighted by Crippen LogP contribution is 2.34. The van der Waals surface area contributed by atoms with Crippen molar-refractivity contribution >= 4 is 5.97 Å². The van der Waals surface area contributed by atoms with E-state index in [1.54, 1.807) is 10.9 Å². The summed E-state index contributed by atoms with van der Waals surface area (Å²) in [6.45, 7) is 1.67. The van der Waals surface area contributed by atoms with Crippen LogP contribution in [0.3, 0.4) is 0 Å². The van der Waals surface area contributed by atoms with Gasteiger partial charge in [0.05, 0.1) is 18.7 Å². The van der Waals surface area contributed by atoms with Gasteiger partial charge in [0.2, 0.25) is 0 Å². The first kappa shape index (κ1) is 11.1. The van der Waals surface area contributed by atoms with Gasteiger partial charge in [-0.15, -0.1) is 0 Å². The molecule has 0 aliphatic carbocycles. The monoisotopic (exact) mass is 223 g/mol. The van der Waals surface area contributed by atoms with Crippen LogP contribution in [0.15, 0.2) is 12.4 Å². The summed E-state index contributed by atoms with van der Waals surface area (Å²) in [6.07, 6.45) is 5.21. The van der Waals surface area contributed by atoms with E-state index in [4.69, 9.17) is 4.74 Å². The number of piperidine rings is 1. The van der Waals surface area contributed by atoms with Crippen molar-refractivity contribution < 1.29 is 9.53 Å². The first-order valence-electron chi connectivity index (χ1n) is 5.47. The summed E-state index contributed by atoms with van der Waals surface area (Å²) in [5.41, 5.74) is 0.456. The minimum Gasteiger partial charge on any atom is -0.468 e. The van der Waals surface area contributed by atoms with Crippen molar-refractivity contribution in [3.05, 3.63) is 18.0 Å². The average molecular weight is 223 g/mol. The number of aromatic nitrogens is 2. The van der Waals surface area contributed by atoms with Gasteiger partial charge in [0, 0.05) is 18.8 Å². The Labute approximate surface area is 94.8 Å². The van der Waals surface area contributed by atoms with Gasteiger partial charge in [0.15, 0.2) is 0 Å². The van der Waals surface area contributed by atoms with Crippen molar-refractivity contribution in [2.45, 2.75) is 18.3 Å². The van der Waals surface area contributed by atoms with E-state index in [-0.39, 0.29) is 5.97 Å². The predicted octanol–water partition coefficient (Wildman–Crippen LogP) is 0.214. The van der Waals surface area contributed by atoms with Crippen LogP contribution in [0.25, 0.3) is 0 Å². The smallest absolute Gasteiger partial charge is 0.316 e. The number of carbonyl (C=O) groups is 1. The Hall–Kier alpha value is -1.36. The Kier molecular flexibility index (Phi) is 2.96. The highest BCUT2D eigenvalue weighted by Gasteiger charge is 2.43. The Bertz CT molecular complexity index is 380. The average Bonchev–Trinajstić information content (AvgIpc) is 2.76. The van der Waals surface area contributed by atoms with E-state index in [0.717, 1.165) is 31.5 Å². The maximum Gasteiger partial charge on any atom is 0.316 e. The SMILES string of the molecule is COC(=O)C1(c2cnn(C)c2)CCNCC1. The first-order valence-corrected chi connectivity index (χ1v) is 5.47. The second kappa shape index (κ2) is 4.25. The van der Waals surface area contributed by atoms with Crippen LogP contribution < -0.4 is 5.32 Å². The second-order valence-corrected chi connectivity index (χ2v) is 4.23. The fraction of sp³-hybridized carbons (Fsp3) is 0.636. The van der Waals surface area contributed by atoms with Crippen LogP contribution >= 0.6 is 0 Å². The van der Waals surface area contributed by atoms with E-state index in [2.05, 4.69) is 10.4 Å². The summed E-state index contributed by atoms with van der Waals surface area (Å²) < 4.78 is 6.68. The van der Waals surface area contributed by atoms with Crippen LogP contribution in [0.5, 0.6) is 0 Å². The molecule has 0 spiro atoms. The molecule has 1 saturated heterocycles. The summed E-state index contributed by atoms with van der Waals surface area (Å²) in [5, 5.41) is 7.40. The van der Waals surface area contributed by atoms with Crippen LogP contribution in [-0.2, 0) is 22.0 Å². The van der Waals surface area contributed by atoms with Crippen LogP contribution in [0.4, 0.5) is 0 Å². The number of hydrogen-bond donors (Lipinski definition) is 1. The largest absolute Gasteiger partial charge is 0.468 e. The zero-order chi connectivity index (χ0) is 11.6. The van der Waals surface area contributed by atoms with E-state index in [9.17, 15) is 4.79 Å². The number of hydrogen-bond acceptors (Lipinski definition) is 4. The highest BCUT2D eigenvalue weighted by atomic mass is 16.5. The summed E-state index contributed by atoms with van der Waals surface area (Å²) in [6, 6.07) is 0. The lowest BCUT2D eigenvalue weighted by atomic mass is 9.74. The summed E-state index contributed by atoms with van der Waals surface area (Å²) in [7, 11) is 3.30. The molecule has 1 aliphatic rings. The molecule has 1 fully saturated rings. The van der Waals surface area contributed by atoms with E-state index in [0.29, 0.717) is 0 Å². The molecule has 0 aromatic carbocycles. The van der Waals surface area contributed by atoms with Gasteiger partial charge in [0.1, 0.15) is 0 Å². The molecule has 0 saturated carbocycles. The Morgan fingerprint density at radius 3 is 2.75 bits per heavy atom. The Morgan fingerprint density at radius 2 is 2.25 bits per heavy atom. The molecule has 0 bridgehead atoms. The molecule has 0 unspecified atom stereocenters. The molecule has 2 heterocycles. The predicted molar refractivity (Wildman–Crippen MR) is 59.0 cm³/mol. The van der Waals surface area contributed by atoms with E-state index >= 15 is 0 Å². The molecular formula is C11H17N3O2. The lowest BCUT2D eigenvalue weighted by molar-refractivity contribution is -0.148. The number of esters is 1.